The third-order valence-corrected chi connectivity index (χ3v) is 1.23. The van der Waals surface area contributed by atoms with Gasteiger partial charge in [0.1, 0.15) is 0 Å². The summed E-state index contributed by atoms with van der Waals surface area (Å²) in [7, 11) is 0. The molecule has 5 nitrogen and oxygen atoms in total. The molecule has 0 radical (unpaired) electrons. The van der Waals surface area contributed by atoms with Gasteiger partial charge in [-0.15, -0.1) is 0 Å². The van der Waals surface area contributed by atoms with Crippen LogP contribution in [-0.4, -0.2) is 31.7 Å². The predicted molar refractivity (Wildman–Crippen MR) is 48.3 cm³/mol. The van der Waals surface area contributed by atoms with Gasteiger partial charge < -0.3 is 15.4 Å². The Labute approximate surface area is 77.8 Å². The summed E-state index contributed by atoms with van der Waals surface area (Å²) >= 11 is 0. The first-order valence-electron chi connectivity index (χ1n) is 4.38. The summed E-state index contributed by atoms with van der Waals surface area (Å²) in [6.45, 7) is 4.62. The Kier molecular flexibility index (Phi) is 6.68. The van der Waals surface area contributed by atoms with E-state index in [1.807, 2.05) is 6.92 Å². The zero-order valence-electron chi connectivity index (χ0n) is 8.05. The van der Waals surface area contributed by atoms with E-state index in [1.54, 1.807) is 6.92 Å². The molecule has 0 atom stereocenters. The molecule has 0 aliphatic rings. The molecule has 0 spiro atoms. The molecule has 0 saturated carbocycles. The minimum Gasteiger partial charge on any atom is -0.439 e. The molecule has 0 bridgehead atoms. The number of carbonyl (C=O) groups excluding carboxylic acids is 2. The molecule has 0 rings (SSSR count). The lowest BCUT2D eigenvalue weighted by atomic mass is 10.5. The minimum atomic E-state index is -0.548. The summed E-state index contributed by atoms with van der Waals surface area (Å²) in [5.74, 6) is -0.283. The Bertz CT molecular complexity index is 171. The lowest BCUT2D eigenvalue weighted by Gasteiger charge is -2.05. The maximum absolute atomic E-state index is 10.8. The average Bonchev–Trinajstić information content (AvgIpc) is 2.12. The van der Waals surface area contributed by atoms with Crippen LogP contribution in [0.25, 0.3) is 0 Å². The molecule has 0 aliphatic carbocycles. The normalized spacial score (nSPS) is 9.08. The molecule has 5 heteroatoms. The zero-order valence-corrected chi connectivity index (χ0v) is 8.05. The molecule has 0 fully saturated rings. The van der Waals surface area contributed by atoms with Crippen molar-refractivity contribution in [3.63, 3.8) is 0 Å². The van der Waals surface area contributed by atoms with Gasteiger partial charge in [-0.1, -0.05) is 6.92 Å². The van der Waals surface area contributed by atoms with Gasteiger partial charge in [0.2, 0.25) is 0 Å². The quantitative estimate of drug-likeness (QED) is 0.650. The van der Waals surface area contributed by atoms with E-state index in [1.165, 1.54) is 0 Å². The number of carbonyl (C=O) groups is 2. The summed E-state index contributed by atoms with van der Waals surface area (Å²) < 4.78 is 4.60. The van der Waals surface area contributed by atoms with Gasteiger partial charge in [0.15, 0.2) is 6.61 Å². The minimum absolute atomic E-state index is 0.219. The van der Waals surface area contributed by atoms with E-state index < -0.39 is 6.09 Å². The second-order valence-electron chi connectivity index (χ2n) is 2.46. The molecule has 0 saturated heterocycles. The molecule has 0 aromatic rings. The van der Waals surface area contributed by atoms with Gasteiger partial charge in [-0.3, -0.25) is 4.79 Å². The summed E-state index contributed by atoms with van der Waals surface area (Å²) in [6, 6.07) is 0. The zero-order chi connectivity index (χ0) is 10.1. The van der Waals surface area contributed by atoms with Crippen LogP contribution in [0.3, 0.4) is 0 Å². The molecule has 13 heavy (non-hydrogen) atoms. The van der Waals surface area contributed by atoms with Crippen molar-refractivity contribution in [2.45, 2.75) is 20.3 Å². The third kappa shape index (κ3) is 7.11. The number of rotatable bonds is 5. The van der Waals surface area contributed by atoms with Gasteiger partial charge in [0.25, 0.3) is 5.91 Å². The molecule has 0 aromatic heterocycles. The molecule has 2 N–H and O–H groups in total. The Morgan fingerprint density at radius 3 is 2.46 bits per heavy atom. The van der Waals surface area contributed by atoms with Crippen molar-refractivity contribution in [1.29, 1.82) is 0 Å². The first kappa shape index (κ1) is 11.7. The van der Waals surface area contributed by atoms with Crippen molar-refractivity contribution < 1.29 is 14.3 Å². The van der Waals surface area contributed by atoms with Gasteiger partial charge >= 0.3 is 6.09 Å². The first-order chi connectivity index (χ1) is 6.20. The standard InChI is InChI=1S/C8H16N2O3/c1-3-5-10-8(12)13-6-7(11)9-4-2/h3-6H2,1-2H3,(H,9,11)(H,10,12). The Balaban J connectivity index is 3.40. The Hall–Kier alpha value is -1.26. The van der Waals surface area contributed by atoms with Crippen LogP contribution in [-0.2, 0) is 9.53 Å². The smallest absolute Gasteiger partial charge is 0.407 e. The largest absolute Gasteiger partial charge is 0.439 e. The predicted octanol–water partition coefficient (Wildman–Crippen LogP) is 0.259. The average molecular weight is 188 g/mol. The Morgan fingerprint density at radius 1 is 1.23 bits per heavy atom. The van der Waals surface area contributed by atoms with E-state index in [0.29, 0.717) is 13.1 Å². The fraction of sp³-hybridized carbons (Fsp3) is 0.750. The SMILES string of the molecule is CCCNC(=O)OCC(=O)NCC. The van der Waals surface area contributed by atoms with Crippen molar-refractivity contribution in [3.05, 3.63) is 0 Å². The molecular formula is C8H16N2O3. The van der Waals surface area contributed by atoms with Crippen LogP contribution >= 0.6 is 0 Å². The van der Waals surface area contributed by atoms with Crippen LogP contribution in [0.4, 0.5) is 4.79 Å². The topological polar surface area (TPSA) is 67.4 Å². The van der Waals surface area contributed by atoms with E-state index in [0.717, 1.165) is 6.42 Å². The number of likely N-dealkylation sites (N-methyl/N-ethyl adjacent to an activating group) is 1. The number of hydrogen-bond acceptors (Lipinski definition) is 3. The van der Waals surface area contributed by atoms with Crippen molar-refractivity contribution in [2.75, 3.05) is 19.7 Å². The maximum atomic E-state index is 10.8. The second kappa shape index (κ2) is 7.39. The van der Waals surface area contributed by atoms with Crippen LogP contribution < -0.4 is 10.6 Å². The van der Waals surface area contributed by atoms with E-state index in [4.69, 9.17) is 0 Å². The molecule has 2 amide bonds. The summed E-state index contributed by atoms with van der Waals surface area (Å²) in [5.41, 5.74) is 0. The highest BCUT2D eigenvalue weighted by atomic mass is 16.6. The Morgan fingerprint density at radius 2 is 1.92 bits per heavy atom. The molecule has 0 heterocycles. The molecular weight excluding hydrogens is 172 g/mol. The highest BCUT2D eigenvalue weighted by Crippen LogP contribution is 1.79. The first-order valence-corrected chi connectivity index (χ1v) is 4.38. The highest BCUT2D eigenvalue weighted by Gasteiger charge is 2.04. The van der Waals surface area contributed by atoms with Crippen LogP contribution in [0.15, 0.2) is 0 Å². The molecule has 76 valence electrons. The number of hydrogen-bond donors (Lipinski definition) is 2. The number of alkyl carbamates (subject to hydrolysis) is 1. The molecule has 0 aromatic carbocycles. The van der Waals surface area contributed by atoms with Crippen LogP contribution in [0.2, 0.25) is 0 Å². The van der Waals surface area contributed by atoms with Crippen LogP contribution in [0.5, 0.6) is 0 Å². The maximum Gasteiger partial charge on any atom is 0.407 e. The van der Waals surface area contributed by atoms with Crippen molar-refractivity contribution >= 4 is 12.0 Å². The van der Waals surface area contributed by atoms with Crippen molar-refractivity contribution in [2.24, 2.45) is 0 Å². The number of amides is 2. The van der Waals surface area contributed by atoms with Crippen molar-refractivity contribution in [3.8, 4) is 0 Å². The van der Waals surface area contributed by atoms with E-state index in [9.17, 15) is 9.59 Å². The number of nitrogens with one attached hydrogen (secondary N) is 2. The van der Waals surface area contributed by atoms with Gasteiger partial charge in [-0.25, -0.2) is 4.79 Å². The van der Waals surface area contributed by atoms with E-state index >= 15 is 0 Å². The summed E-state index contributed by atoms with van der Waals surface area (Å²) in [5, 5.41) is 5.00. The van der Waals surface area contributed by atoms with E-state index in [2.05, 4.69) is 15.4 Å². The van der Waals surface area contributed by atoms with Gasteiger partial charge in [-0.2, -0.15) is 0 Å². The van der Waals surface area contributed by atoms with Crippen LogP contribution in [0, 0.1) is 0 Å². The summed E-state index contributed by atoms with van der Waals surface area (Å²) in [6.07, 6.45) is 0.295. The van der Waals surface area contributed by atoms with Gasteiger partial charge in [0.05, 0.1) is 0 Å². The summed E-state index contributed by atoms with van der Waals surface area (Å²) in [4.78, 5) is 21.6. The van der Waals surface area contributed by atoms with Crippen LogP contribution in [0.1, 0.15) is 20.3 Å². The molecule has 0 aliphatic heterocycles. The fourth-order valence-electron chi connectivity index (χ4n) is 0.657. The van der Waals surface area contributed by atoms with Gasteiger partial charge in [-0.05, 0) is 13.3 Å². The van der Waals surface area contributed by atoms with Gasteiger partial charge in [0, 0.05) is 13.1 Å². The molecule has 0 unspecified atom stereocenters. The fourth-order valence-corrected chi connectivity index (χ4v) is 0.657. The lowest BCUT2D eigenvalue weighted by Crippen LogP contribution is -2.32. The highest BCUT2D eigenvalue weighted by molar-refractivity contribution is 5.79. The second-order valence-corrected chi connectivity index (χ2v) is 2.46. The lowest BCUT2D eigenvalue weighted by molar-refractivity contribution is -0.123. The third-order valence-electron chi connectivity index (χ3n) is 1.23. The van der Waals surface area contributed by atoms with E-state index in [-0.39, 0.29) is 12.5 Å². The monoisotopic (exact) mass is 188 g/mol. The number of ether oxygens (including phenoxy) is 1. The van der Waals surface area contributed by atoms with Crippen molar-refractivity contribution in [1.82, 2.24) is 10.6 Å².